The van der Waals surface area contributed by atoms with Gasteiger partial charge in [0.05, 0.1) is 9.26 Å². The predicted molar refractivity (Wildman–Crippen MR) is 120 cm³/mol. The molecule has 0 fully saturated rings. The van der Waals surface area contributed by atoms with Gasteiger partial charge in [-0.15, -0.1) is 0 Å². The van der Waals surface area contributed by atoms with Crippen LogP contribution in [0.25, 0.3) is 22.6 Å². The Kier molecular flexibility index (Phi) is 4.94. The Balaban J connectivity index is 1.67. The molecule has 6 heteroatoms. The number of phenolic OH excluding ortho intramolecular Hbond substituents is 1. The van der Waals surface area contributed by atoms with Gasteiger partial charge in [-0.3, -0.25) is 4.99 Å². The van der Waals surface area contributed by atoms with Crippen LogP contribution >= 0.6 is 45.2 Å². The minimum Gasteiger partial charge on any atom is -0.506 e. The van der Waals surface area contributed by atoms with Crippen molar-refractivity contribution in [3.63, 3.8) is 0 Å². The summed E-state index contributed by atoms with van der Waals surface area (Å²) in [6, 6.07) is 19.2. The molecule has 1 N–H and O–H groups in total. The lowest BCUT2D eigenvalue weighted by Crippen LogP contribution is -1.84. The van der Waals surface area contributed by atoms with Crippen molar-refractivity contribution in [3.8, 4) is 17.2 Å². The van der Waals surface area contributed by atoms with E-state index in [1.54, 1.807) is 6.21 Å². The molecule has 0 aliphatic carbocycles. The lowest BCUT2D eigenvalue weighted by atomic mass is 10.2. The molecule has 128 valence electrons. The van der Waals surface area contributed by atoms with Crippen molar-refractivity contribution < 1.29 is 9.52 Å². The number of phenols is 1. The fourth-order valence-corrected chi connectivity index (χ4v) is 3.58. The molecule has 0 spiro atoms. The van der Waals surface area contributed by atoms with Crippen LogP contribution in [-0.2, 0) is 0 Å². The van der Waals surface area contributed by atoms with Crippen molar-refractivity contribution in [3.05, 3.63) is 73.4 Å². The molecule has 0 radical (unpaired) electrons. The molecule has 0 amide bonds. The summed E-state index contributed by atoms with van der Waals surface area (Å²) in [5.74, 6) is 0.829. The Morgan fingerprint density at radius 2 is 1.85 bits per heavy atom. The molecule has 4 nitrogen and oxygen atoms in total. The number of hydrogen-bond acceptors (Lipinski definition) is 4. The van der Waals surface area contributed by atoms with E-state index in [-0.39, 0.29) is 5.75 Å². The molecule has 26 heavy (non-hydrogen) atoms. The van der Waals surface area contributed by atoms with Crippen molar-refractivity contribution in [1.82, 2.24) is 4.98 Å². The van der Waals surface area contributed by atoms with E-state index in [4.69, 9.17) is 4.42 Å². The summed E-state index contributed by atoms with van der Waals surface area (Å²) in [4.78, 5) is 9.03. The summed E-state index contributed by atoms with van der Waals surface area (Å²) in [7, 11) is 0. The van der Waals surface area contributed by atoms with Crippen molar-refractivity contribution in [1.29, 1.82) is 0 Å². The second kappa shape index (κ2) is 7.36. The second-order valence-corrected chi connectivity index (χ2v) is 8.03. The van der Waals surface area contributed by atoms with Gasteiger partial charge in [0, 0.05) is 20.9 Å². The normalized spacial score (nSPS) is 11.5. The summed E-state index contributed by atoms with van der Waals surface area (Å²) >= 11 is 4.36. The van der Waals surface area contributed by atoms with Crippen molar-refractivity contribution in [2.75, 3.05) is 0 Å². The third-order valence-corrected chi connectivity index (χ3v) is 5.35. The smallest absolute Gasteiger partial charge is 0.227 e. The third-order valence-electron chi connectivity index (χ3n) is 3.81. The Morgan fingerprint density at radius 1 is 1.00 bits per heavy atom. The average molecular weight is 566 g/mol. The monoisotopic (exact) mass is 566 g/mol. The van der Waals surface area contributed by atoms with Crippen molar-refractivity contribution in [2.45, 2.75) is 0 Å². The molecule has 4 rings (SSSR count). The van der Waals surface area contributed by atoms with E-state index in [1.807, 2.05) is 60.7 Å². The number of para-hydroxylation sites is 1. The number of oxazole rings is 1. The van der Waals surface area contributed by atoms with Crippen LogP contribution in [-0.4, -0.2) is 16.3 Å². The van der Waals surface area contributed by atoms with Gasteiger partial charge in [-0.2, -0.15) is 0 Å². The quantitative estimate of drug-likeness (QED) is 0.239. The van der Waals surface area contributed by atoms with E-state index in [2.05, 4.69) is 55.2 Å². The molecular formula is C20H12I2N2O2. The number of nitrogens with zero attached hydrogens (tertiary/aromatic N) is 2. The zero-order chi connectivity index (χ0) is 18.1. The highest BCUT2D eigenvalue weighted by Gasteiger charge is 2.09. The zero-order valence-electron chi connectivity index (χ0n) is 13.4. The predicted octanol–water partition coefficient (Wildman–Crippen LogP) is 6.16. The summed E-state index contributed by atoms with van der Waals surface area (Å²) in [5, 5.41) is 10.1. The van der Waals surface area contributed by atoms with Crippen LogP contribution in [0.15, 0.2) is 70.1 Å². The number of halogens is 2. The van der Waals surface area contributed by atoms with Crippen LogP contribution in [0.4, 0.5) is 5.69 Å². The number of benzene rings is 3. The number of aromatic nitrogens is 1. The Labute approximate surface area is 177 Å². The molecule has 4 aromatic rings. The molecule has 1 aromatic heterocycles. The first kappa shape index (κ1) is 17.5. The van der Waals surface area contributed by atoms with Crippen LogP contribution in [0.3, 0.4) is 0 Å². The van der Waals surface area contributed by atoms with Crippen LogP contribution < -0.4 is 0 Å². The summed E-state index contributed by atoms with van der Waals surface area (Å²) < 4.78 is 7.78. The van der Waals surface area contributed by atoms with E-state index in [0.29, 0.717) is 11.5 Å². The van der Waals surface area contributed by atoms with Crippen LogP contribution in [0.2, 0.25) is 0 Å². The van der Waals surface area contributed by atoms with E-state index in [9.17, 15) is 5.11 Å². The van der Waals surface area contributed by atoms with Crippen molar-refractivity contribution >= 4 is 68.2 Å². The van der Waals surface area contributed by atoms with Crippen LogP contribution in [0, 0.1) is 7.14 Å². The first-order valence-electron chi connectivity index (χ1n) is 7.78. The Hall–Kier alpha value is -1.94. The fourth-order valence-electron chi connectivity index (χ4n) is 2.52. The lowest BCUT2D eigenvalue weighted by Gasteiger charge is -2.00. The molecule has 0 aliphatic heterocycles. The van der Waals surface area contributed by atoms with Gasteiger partial charge in [0.1, 0.15) is 11.3 Å². The maximum absolute atomic E-state index is 10.1. The van der Waals surface area contributed by atoms with Gasteiger partial charge in [0.15, 0.2) is 5.58 Å². The standard InChI is InChI=1S/C20H12I2N2O2/c21-14-5-1-3-12(9-14)20-24-17-10-15(7-8-18(17)26-20)23-11-13-4-2-6-16(22)19(13)25/h1-11,25H. The maximum Gasteiger partial charge on any atom is 0.227 e. The fraction of sp³-hybridized carbons (Fsp3) is 0. The molecule has 0 bridgehead atoms. The highest BCUT2D eigenvalue weighted by Crippen LogP contribution is 2.28. The molecule has 0 aliphatic rings. The Morgan fingerprint density at radius 3 is 2.69 bits per heavy atom. The summed E-state index contributed by atoms with van der Waals surface area (Å²) in [6.07, 6.45) is 1.65. The third kappa shape index (κ3) is 3.61. The number of fused-ring (bicyclic) bond motifs is 1. The molecule has 3 aromatic carbocycles. The number of hydrogen-bond donors (Lipinski definition) is 1. The Bertz CT molecular complexity index is 1140. The topological polar surface area (TPSA) is 58.6 Å². The zero-order valence-corrected chi connectivity index (χ0v) is 17.7. The summed E-state index contributed by atoms with van der Waals surface area (Å²) in [5.41, 5.74) is 3.84. The van der Waals surface area contributed by atoms with E-state index in [0.717, 1.165) is 29.5 Å². The van der Waals surface area contributed by atoms with Crippen LogP contribution in [0.5, 0.6) is 5.75 Å². The first-order chi connectivity index (χ1) is 12.6. The number of aliphatic imine (C=N–C) groups is 1. The van der Waals surface area contributed by atoms with Gasteiger partial charge < -0.3 is 9.52 Å². The molecule has 0 unspecified atom stereocenters. The average Bonchev–Trinajstić information content (AvgIpc) is 3.06. The van der Waals surface area contributed by atoms with Gasteiger partial charge in [0.25, 0.3) is 0 Å². The molecule has 1 heterocycles. The van der Waals surface area contributed by atoms with Gasteiger partial charge in [-0.05, 0) is 93.7 Å². The minimum atomic E-state index is 0.236. The molecule has 0 saturated heterocycles. The van der Waals surface area contributed by atoms with Gasteiger partial charge >= 0.3 is 0 Å². The molecule has 0 atom stereocenters. The minimum absolute atomic E-state index is 0.236. The number of rotatable bonds is 3. The van der Waals surface area contributed by atoms with E-state index in [1.165, 1.54) is 0 Å². The van der Waals surface area contributed by atoms with Crippen molar-refractivity contribution in [2.24, 2.45) is 4.99 Å². The van der Waals surface area contributed by atoms with E-state index < -0.39 is 0 Å². The summed E-state index contributed by atoms with van der Waals surface area (Å²) in [6.45, 7) is 0. The van der Waals surface area contributed by atoms with Gasteiger partial charge in [-0.25, -0.2) is 4.98 Å². The van der Waals surface area contributed by atoms with Crippen LogP contribution in [0.1, 0.15) is 5.56 Å². The van der Waals surface area contributed by atoms with Gasteiger partial charge in [-0.1, -0.05) is 12.1 Å². The van der Waals surface area contributed by atoms with E-state index >= 15 is 0 Å². The second-order valence-electron chi connectivity index (χ2n) is 5.62. The largest absolute Gasteiger partial charge is 0.506 e. The number of aromatic hydroxyl groups is 1. The SMILES string of the molecule is Oc1c(I)cccc1C=Nc1ccc2oc(-c3cccc(I)c3)nc2c1. The first-order valence-corrected chi connectivity index (χ1v) is 9.94. The maximum atomic E-state index is 10.1. The van der Waals surface area contributed by atoms with Gasteiger partial charge in [0.2, 0.25) is 5.89 Å². The molecular weight excluding hydrogens is 554 g/mol. The highest BCUT2D eigenvalue weighted by atomic mass is 127. The molecule has 0 saturated carbocycles. The lowest BCUT2D eigenvalue weighted by molar-refractivity contribution is 0.470. The highest BCUT2D eigenvalue weighted by molar-refractivity contribution is 14.1.